The van der Waals surface area contributed by atoms with Gasteiger partial charge in [0.2, 0.25) is 0 Å². The van der Waals surface area contributed by atoms with Crippen LogP contribution in [0.4, 0.5) is 17.1 Å². The maximum Gasteiger partial charge on any atom is 0.283 e. The molecule has 1 aliphatic heterocycles. The zero-order chi connectivity index (χ0) is 23.7. The lowest BCUT2D eigenvalue weighted by atomic mass is 10.1. The highest BCUT2D eigenvalue weighted by molar-refractivity contribution is 6.53. The molecule has 0 bridgehead atoms. The van der Waals surface area contributed by atoms with Crippen molar-refractivity contribution in [2.75, 3.05) is 15.5 Å². The van der Waals surface area contributed by atoms with E-state index in [1.165, 1.54) is 0 Å². The number of imide groups is 1. The predicted molar refractivity (Wildman–Crippen MR) is 130 cm³/mol. The molecule has 3 aromatic rings. The van der Waals surface area contributed by atoms with Crippen molar-refractivity contribution in [3.8, 4) is 0 Å². The molecule has 0 fully saturated rings. The van der Waals surface area contributed by atoms with Gasteiger partial charge in [-0.1, -0.05) is 47.5 Å². The van der Waals surface area contributed by atoms with Gasteiger partial charge in [-0.2, -0.15) is 0 Å². The first-order valence-electron chi connectivity index (χ1n) is 10.4. The summed E-state index contributed by atoms with van der Waals surface area (Å²) in [6, 6.07) is 19.5. The number of halogens is 1. The van der Waals surface area contributed by atoms with Crippen molar-refractivity contribution in [3.63, 3.8) is 0 Å². The number of rotatable bonds is 5. The Labute approximate surface area is 196 Å². The number of amides is 3. The number of benzene rings is 3. The smallest absolute Gasteiger partial charge is 0.283 e. The molecule has 166 valence electrons. The van der Waals surface area contributed by atoms with Gasteiger partial charge in [-0.05, 0) is 68.3 Å². The second kappa shape index (κ2) is 8.92. The molecule has 0 spiro atoms. The number of hydrogen-bond acceptors (Lipinski definition) is 4. The summed E-state index contributed by atoms with van der Waals surface area (Å²) in [5.41, 5.74) is 4.86. The zero-order valence-electron chi connectivity index (χ0n) is 18.4. The maximum atomic E-state index is 13.1. The first-order valence-corrected chi connectivity index (χ1v) is 10.7. The summed E-state index contributed by atoms with van der Waals surface area (Å²) in [7, 11) is 0. The number of anilines is 3. The number of carbonyl (C=O) groups excluding carboxylic acids is 3. The van der Waals surface area contributed by atoms with Gasteiger partial charge in [0.05, 0.1) is 5.69 Å². The monoisotopic (exact) mass is 459 g/mol. The van der Waals surface area contributed by atoms with E-state index in [1.807, 2.05) is 51.1 Å². The van der Waals surface area contributed by atoms with Crippen LogP contribution in [-0.4, -0.2) is 17.7 Å². The Morgan fingerprint density at radius 2 is 1.55 bits per heavy atom. The van der Waals surface area contributed by atoms with E-state index in [1.54, 1.807) is 36.4 Å². The lowest BCUT2D eigenvalue weighted by molar-refractivity contribution is -0.120. The highest BCUT2D eigenvalue weighted by atomic mass is 35.5. The summed E-state index contributed by atoms with van der Waals surface area (Å²) in [5, 5.41) is 5.57. The Balaban J connectivity index is 1.56. The third-order valence-corrected chi connectivity index (χ3v) is 5.90. The van der Waals surface area contributed by atoms with E-state index in [0.29, 0.717) is 22.6 Å². The summed E-state index contributed by atoms with van der Waals surface area (Å²) < 4.78 is 0. The van der Waals surface area contributed by atoms with Gasteiger partial charge in [0.1, 0.15) is 10.7 Å². The van der Waals surface area contributed by atoms with Crippen LogP contribution >= 0.6 is 11.6 Å². The van der Waals surface area contributed by atoms with Gasteiger partial charge >= 0.3 is 0 Å². The number of hydrogen-bond donors (Lipinski definition) is 2. The molecule has 0 atom stereocenters. The number of carbonyl (C=O) groups is 3. The SMILES string of the molecule is Cc1ccc(NC(=O)c2cccc(NC3=C(Cl)C(=O)N(c4cccc(C)c4C)C3=O)c2)cc1. The lowest BCUT2D eigenvalue weighted by Crippen LogP contribution is -2.33. The number of aryl methyl sites for hydroxylation is 2. The van der Waals surface area contributed by atoms with E-state index in [-0.39, 0.29) is 16.6 Å². The van der Waals surface area contributed by atoms with Crippen molar-refractivity contribution in [1.29, 1.82) is 0 Å². The topological polar surface area (TPSA) is 78.5 Å². The predicted octanol–water partition coefficient (Wildman–Crippen LogP) is 5.30. The molecule has 1 aliphatic rings. The van der Waals surface area contributed by atoms with Crippen LogP contribution in [0.1, 0.15) is 27.0 Å². The average molecular weight is 460 g/mol. The van der Waals surface area contributed by atoms with Crippen molar-refractivity contribution in [2.45, 2.75) is 20.8 Å². The molecule has 6 nitrogen and oxygen atoms in total. The highest BCUT2D eigenvalue weighted by Gasteiger charge is 2.39. The standard InChI is InChI=1S/C26H22ClN3O3/c1-15-10-12-19(13-11-15)29-24(31)18-7-5-8-20(14-18)28-23-22(27)25(32)30(26(23)33)21-9-4-6-16(2)17(21)3/h4-14,28H,1-3H3,(H,29,31). The van der Waals surface area contributed by atoms with E-state index >= 15 is 0 Å². The number of nitrogens with zero attached hydrogens (tertiary/aromatic N) is 1. The molecule has 0 unspecified atom stereocenters. The largest absolute Gasteiger partial charge is 0.350 e. The summed E-state index contributed by atoms with van der Waals surface area (Å²) in [4.78, 5) is 39.6. The van der Waals surface area contributed by atoms with Crippen LogP contribution in [0.2, 0.25) is 0 Å². The zero-order valence-corrected chi connectivity index (χ0v) is 19.2. The van der Waals surface area contributed by atoms with E-state index in [4.69, 9.17) is 11.6 Å². The molecule has 3 aromatic carbocycles. The highest BCUT2D eigenvalue weighted by Crippen LogP contribution is 2.33. The first kappa shape index (κ1) is 22.3. The van der Waals surface area contributed by atoms with Gasteiger partial charge in [-0.3, -0.25) is 14.4 Å². The first-order chi connectivity index (χ1) is 15.8. The molecule has 0 saturated carbocycles. The molecule has 3 amide bonds. The Hall–Kier alpha value is -3.90. The molecule has 0 aromatic heterocycles. The van der Waals surface area contributed by atoms with Crippen molar-refractivity contribution in [1.82, 2.24) is 0 Å². The van der Waals surface area contributed by atoms with Crippen molar-refractivity contribution < 1.29 is 14.4 Å². The second-order valence-corrected chi connectivity index (χ2v) is 8.26. The van der Waals surface area contributed by atoms with Gasteiger partial charge < -0.3 is 10.6 Å². The summed E-state index contributed by atoms with van der Waals surface area (Å²) in [6.07, 6.45) is 0. The van der Waals surface area contributed by atoms with Crippen LogP contribution in [0, 0.1) is 20.8 Å². The molecule has 0 radical (unpaired) electrons. The Bertz CT molecular complexity index is 1310. The number of nitrogens with one attached hydrogen (secondary N) is 2. The van der Waals surface area contributed by atoms with Gasteiger partial charge in [-0.25, -0.2) is 4.90 Å². The molecule has 7 heteroatoms. The quantitative estimate of drug-likeness (QED) is 0.507. The fraction of sp³-hybridized carbons (Fsp3) is 0.115. The fourth-order valence-corrected chi connectivity index (χ4v) is 3.74. The summed E-state index contributed by atoms with van der Waals surface area (Å²) in [5.74, 6) is -1.44. The van der Waals surface area contributed by atoms with Gasteiger partial charge in [0.15, 0.2) is 0 Å². The second-order valence-electron chi connectivity index (χ2n) is 7.88. The van der Waals surface area contributed by atoms with Gasteiger partial charge in [0.25, 0.3) is 17.7 Å². The maximum absolute atomic E-state index is 13.1. The van der Waals surface area contributed by atoms with Crippen molar-refractivity contribution >= 4 is 46.4 Å². The molecule has 0 saturated heterocycles. The molecule has 4 rings (SSSR count). The Morgan fingerprint density at radius 1 is 0.848 bits per heavy atom. The average Bonchev–Trinajstić information content (AvgIpc) is 3.00. The fourth-order valence-electron chi connectivity index (χ4n) is 3.53. The minimum Gasteiger partial charge on any atom is -0.350 e. The minimum atomic E-state index is -0.592. The third kappa shape index (κ3) is 4.38. The molecule has 0 aliphatic carbocycles. The van der Waals surface area contributed by atoms with Crippen LogP contribution in [0.25, 0.3) is 0 Å². The van der Waals surface area contributed by atoms with Crippen LogP contribution in [0.3, 0.4) is 0 Å². The van der Waals surface area contributed by atoms with E-state index in [2.05, 4.69) is 10.6 Å². The molecule has 33 heavy (non-hydrogen) atoms. The van der Waals surface area contributed by atoms with E-state index in [9.17, 15) is 14.4 Å². The van der Waals surface area contributed by atoms with Crippen molar-refractivity contribution in [2.24, 2.45) is 0 Å². The van der Waals surface area contributed by atoms with E-state index in [0.717, 1.165) is 21.6 Å². The normalized spacial score (nSPS) is 13.5. The molecular weight excluding hydrogens is 438 g/mol. The van der Waals surface area contributed by atoms with Gasteiger partial charge in [0, 0.05) is 16.9 Å². The summed E-state index contributed by atoms with van der Waals surface area (Å²) >= 11 is 6.26. The minimum absolute atomic E-state index is 0.0290. The molecular formula is C26H22ClN3O3. The third-order valence-electron chi connectivity index (χ3n) is 5.55. The van der Waals surface area contributed by atoms with Crippen LogP contribution < -0.4 is 15.5 Å². The lowest BCUT2D eigenvalue weighted by Gasteiger charge is -2.18. The Kier molecular flexibility index (Phi) is 6.03. The van der Waals surface area contributed by atoms with Crippen LogP contribution in [0.15, 0.2) is 77.5 Å². The summed E-state index contributed by atoms with van der Waals surface area (Å²) in [6.45, 7) is 5.73. The van der Waals surface area contributed by atoms with Gasteiger partial charge in [-0.15, -0.1) is 0 Å². The van der Waals surface area contributed by atoms with Crippen molar-refractivity contribution in [3.05, 3.63) is 99.7 Å². The van der Waals surface area contributed by atoms with Crippen LogP contribution in [0.5, 0.6) is 0 Å². The molecule has 1 heterocycles. The van der Waals surface area contributed by atoms with E-state index < -0.39 is 11.8 Å². The van der Waals surface area contributed by atoms with Crippen LogP contribution in [-0.2, 0) is 9.59 Å². The molecule has 2 N–H and O–H groups in total. The Morgan fingerprint density at radius 3 is 2.27 bits per heavy atom.